The van der Waals surface area contributed by atoms with Crippen LogP contribution in [0, 0.1) is 0 Å². The first-order chi connectivity index (χ1) is 8.04. The minimum Gasteiger partial charge on any atom is -0.480 e. The number of carbonyl (C=O) groups is 2. The van der Waals surface area contributed by atoms with Gasteiger partial charge in [0.25, 0.3) is 0 Å². The number of furan rings is 1. The van der Waals surface area contributed by atoms with Gasteiger partial charge in [-0.15, -0.1) is 0 Å². The van der Waals surface area contributed by atoms with E-state index < -0.39 is 24.6 Å². The standard InChI is InChI=1S/C10H14N2O5/c1-12(4-7-2-3-17-6-7)10(16)11-8(5-13)9(14)15/h2-3,6,8,13H,4-5H2,1H3,(H,11,16)(H,14,15)/t8-/m1/s1. The summed E-state index contributed by atoms with van der Waals surface area (Å²) in [6.07, 6.45) is 2.97. The van der Waals surface area contributed by atoms with E-state index in [1.165, 1.54) is 24.5 Å². The molecule has 0 unspecified atom stereocenters. The maximum Gasteiger partial charge on any atom is 0.328 e. The van der Waals surface area contributed by atoms with Crippen LogP contribution in [-0.4, -0.2) is 46.8 Å². The first kappa shape index (κ1) is 13.0. The Bertz CT molecular complexity index is 376. The summed E-state index contributed by atoms with van der Waals surface area (Å²) in [4.78, 5) is 23.4. The molecule has 1 aromatic heterocycles. The number of carbonyl (C=O) groups excluding carboxylic acids is 1. The van der Waals surface area contributed by atoms with Crippen LogP contribution in [0.2, 0.25) is 0 Å². The molecule has 0 saturated carbocycles. The average molecular weight is 242 g/mol. The Labute approximate surface area is 97.6 Å². The number of urea groups is 1. The predicted molar refractivity (Wildman–Crippen MR) is 57.2 cm³/mol. The van der Waals surface area contributed by atoms with Crippen molar-refractivity contribution in [2.24, 2.45) is 0 Å². The third-order valence-electron chi connectivity index (χ3n) is 2.12. The third kappa shape index (κ3) is 3.80. The molecule has 1 heterocycles. The number of amides is 2. The monoisotopic (exact) mass is 242 g/mol. The van der Waals surface area contributed by atoms with Crippen LogP contribution in [0.1, 0.15) is 5.56 Å². The summed E-state index contributed by atoms with van der Waals surface area (Å²) >= 11 is 0. The molecule has 0 spiro atoms. The van der Waals surface area contributed by atoms with E-state index in [1.54, 1.807) is 6.07 Å². The summed E-state index contributed by atoms with van der Waals surface area (Å²) < 4.78 is 4.84. The molecule has 1 rings (SSSR count). The summed E-state index contributed by atoms with van der Waals surface area (Å²) in [5.74, 6) is -1.28. The molecule has 0 aliphatic carbocycles. The number of nitrogens with one attached hydrogen (secondary N) is 1. The van der Waals surface area contributed by atoms with Gasteiger partial charge in [-0.05, 0) is 6.07 Å². The molecule has 0 aliphatic heterocycles. The van der Waals surface area contributed by atoms with E-state index in [9.17, 15) is 9.59 Å². The number of carboxylic acids is 1. The minimum absolute atomic E-state index is 0.292. The molecule has 2 amide bonds. The van der Waals surface area contributed by atoms with Crippen molar-refractivity contribution in [1.29, 1.82) is 0 Å². The van der Waals surface area contributed by atoms with Crippen LogP contribution in [0.25, 0.3) is 0 Å². The van der Waals surface area contributed by atoms with E-state index >= 15 is 0 Å². The number of nitrogens with zero attached hydrogens (tertiary/aromatic N) is 1. The first-order valence-corrected chi connectivity index (χ1v) is 4.91. The van der Waals surface area contributed by atoms with Gasteiger partial charge in [0, 0.05) is 12.6 Å². The van der Waals surface area contributed by atoms with Crippen LogP contribution < -0.4 is 5.32 Å². The molecule has 0 fully saturated rings. The van der Waals surface area contributed by atoms with Crippen molar-refractivity contribution in [2.75, 3.05) is 13.7 Å². The summed E-state index contributed by atoms with van der Waals surface area (Å²) in [6.45, 7) is -0.360. The Hall–Kier alpha value is -2.02. The molecule has 1 aromatic rings. The Kier molecular flexibility index (Phi) is 4.53. The molecule has 94 valence electrons. The van der Waals surface area contributed by atoms with Crippen LogP contribution in [0.4, 0.5) is 4.79 Å². The summed E-state index contributed by atoms with van der Waals surface area (Å²) in [5, 5.41) is 19.6. The molecule has 0 aromatic carbocycles. The maximum atomic E-state index is 11.6. The van der Waals surface area contributed by atoms with Gasteiger partial charge in [0.1, 0.15) is 0 Å². The quantitative estimate of drug-likeness (QED) is 0.667. The second kappa shape index (κ2) is 5.90. The molecular weight excluding hydrogens is 228 g/mol. The fourth-order valence-electron chi connectivity index (χ4n) is 1.17. The van der Waals surface area contributed by atoms with Gasteiger partial charge in [0.15, 0.2) is 6.04 Å². The van der Waals surface area contributed by atoms with E-state index in [1.807, 2.05) is 0 Å². The Morgan fingerprint density at radius 2 is 2.29 bits per heavy atom. The van der Waals surface area contributed by atoms with Gasteiger partial charge < -0.3 is 24.8 Å². The van der Waals surface area contributed by atoms with Crippen LogP contribution in [-0.2, 0) is 11.3 Å². The third-order valence-corrected chi connectivity index (χ3v) is 2.12. The zero-order chi connectivity index (χ0) is 12.8. The predicted octanol–water partition coefficient (Wildman–Crippen LogP) is -0.134. The number of carboxylic acid groups (broad SMARTS) is 1. The molecular formula is C10H14N2O5. The highest BCUT2D eigenvalue weighted by Crippen LogP contribution is 2.03. The van der Waals surface area contributed by atoms with Gasteiger partial charge in [-0.3, -0.25) is 0 Å². The van der Waals surface area contributed by atoms with Gasteiger partial charge in [-0.25, -0.2) is 9.59 Å². The largest absolute Gasteiger partial charge is 0.480 e. The van der Waals surface area contributed by atoms with Crippen molar-refractivity contribution in [3.63, 3.8) is 0 Å². The highest BCUT2D eigenvalue weighted by molar-refractivity contribution is 5.82. The lowest BCUT2D eigenvalue weighted by Crippen LogP contribution is -2.48. The molecule has 7 heteroatoms. The zero-order valence-electron chi connectivity index (χ0n) is 9.29. The van der Waals surface area contributed by atoms with Crippen molar-refractivity contribution < 1.29 is 24.2 Å². The van der Waals surface area contributed by atoms with Gasteiger partial charge in [-0.1, -0.05) is 0 Å². The second-order valence-electron chi connectivity index (χ2n) is 3.51. The summed E-state index contributed by atoms with van der Waals surface area (Å²) in [6, 6.07) is -0.174. The fraction of sp³-hybridized carbons (Fsp3) is 0.400. The highest BCUT2D eigenvalue weighted by atomic mass is 16.4. The highest BCUT2D eigenvalue weighted by Gasteiger charge is 2.20. The second-order valence-corrected chi connectivity index (χ2v) is 3.51. The normalized spacial score (nSPS) is 11.9. The molecule has 0 saturated heterocycles. The minimum atomic E-state index is -1.30. The fourth-order valence-corrected chi connectivity index (χ4v) is 1.17. The number of hydrogen-bond acceptors (Lipinski definition) is 4. The smallest absolute Gasteiger partial charge is 0.328 e. The first-order valence-electron chi connectivity index (χ1n) is 4.91. The average Bonchev–Trinajstić information content (AvgIpc) is 2.77. The van der Waals surface area contributed by atoms with E-state index in [4.69, 9.17) is 14.6 Å². The number of hydrogen-bond donors (Lipinski definition) is 3. The Morgan fingerprint density at radius 3 is 2.76 bits per heavy atom. The lowest BCUT2D eigenvalue weighted by molar-refractivity contribution is -0.140. The molecule has 0 bridgehead atoms. The van der Waals surface area contributed by atoms with Crippen LogP contribution in [0.15, 0.2) is 23.0 Å². The lowest BCUT2D eigenvalue weighted by atomic mass is 10.3. The van der Waals surface area contributed by atoms with E-state index in [0.717, 1.165) is 5.56 Å². The lowest BCUT2D eigenvalue weighted by Gasteiger charge is -2.19. The zero-order valence-corrected chi connectivity index (χ0v) is 9.29. The number of aliphatic hydroxyl groups excluding tert-OH is 1. The van der Waals surface area contributed by atoms with Crippen molar-refractivity contribution in [2.45, 2.75) is 12.6 Å². The topological polar surface area (TPSA) is 103 Å². The number of rotatable bonds is 5. The van der Waals surface area contributed by atoms with Crippen molar-refractivity contribution in [1.82, 2.24) is 10.2 Å². The maximum absolute atomic E-state index is 11.6. The Morgan fingerprint density at radius 1 is 1.59 bits per heavy atom. The Balaban J connectivity index is 2.49. The van der Waals surface area contributed by atoms with E-state index in [2.05, 4.69) is 5.32 Å². The molecule has 0 radical (unpaired) electrons. The van der Waals surface area contributed by atoms with Crippen molar-refractivity contribution in [3.8, 4) is 0 Å². The van der Waals surface area contributed by atoms with Crippen molar-refractivity contribution in [3.05, 3.63) is 24.2 Å². The van der Waals surface area contributed by atoms with Gasteiger partial charge in [0.2, 0.25) is 0 Å². The molecule has 17 heavy (non-hydrogen) atoms. The molecule has 3 N–H and O–H groups in total. The van der Waals surface area contributed by atoms with Crippen LogP contribution in [0.5, 0.6) is 0 Å². The van der Waals surface area contributed by atoms with Crippen LogP contribution >= 0.6 is 0 Å². The molecule has 7 nitrogen and oxygen atoms in total. The molecule has 1 atom stereocenters. The van der Waals surface area contributed by atoms with Crippen molar-refractivity contribution >= 4 is 12.0 Å². The van der Waals surface area contributed by atoms with Gasteiger partial charge >= 0.3 is 12.0 Å². The molecule has 0 aliphatic rings. The number of aliphatic hydroxyl groups is 1. The summed E-state index contributed by atoms with van der Waals surface area (Å²) in [5.41, 5.74) is 0.790. The number of aliphatic carboxylic acids is 1. The summed E-state index contributed by atoms with van der Waals surface area (Å²) in [7, 11) is 1.51. The van der Waals surface area contributed by atoms with Gasteiger partial charge in [0.05, 0.1) is 25.7 Å². The van der Waals surface area contributed by atoms with E-state index in [0.29, 0.717) is 6.54 Å². The van der Waals surface area contributed by atoms with Gasteiger partial charge in [-0.2, -0.15) is 0 Å². The van der Waals surface area contributed by atoms with E-state index in [-0.39, 0.29) is 0 Å². The SMILES string of the molecule is CN(Cc1ccoc1)C(=O)N[C@H](CO)C(=O)O. The van der Waals surface area contributed by atoms with Crippen LogP contribution in [0.3, 0.4) is 0 Å².